The van der Waals surface area contributed by atoms with Crippen LogP contribution < -0.4 is 9.62 Å². The third kappa shape index (κ3) is 4.07. The lowest BCUT2D eigenvalue weighted by Crippen LogP contribution is -2.25. The Morgan fingerprint density at radius 2 is 1.79 bits per heavy atom. The normalized spacial score (nSPS) is 11.2. The summed E-state index contributed by atoms with van der Waals surface area (Å²) in [6, 6.07) is 10.3. The maximum Gasteiger partial charge on any atom is 0.257 e. The molecule has 0 saturated carbocycles. The number of benzene rings is 2. The number of anilines is 2. The number of carbonyl (C=O) groups is 1. The van der Waals surface area contributed by atoms with Gasteiger partial charge in [-0.15, -0.1) is 0 Å². The number of amides is 1. The molecule has 0 aliphatic carbocycles. The highest BCUT2D eigenvalue weighted by molar-refractivity contribution is 7.92. The fourth-order valence-electron chi connectivity index (χ4n) is 2.13. The zero-order valence-electron chi connectivity index (χ0n) is 13.9. The van der Waals surface area contributed by atoms with Crippen LogP contribution in [0.15, 0.2) is 36.4 Å². The summed E-state index contributed by atoms with van der Waals surface area (Å²) in [7, 11) is -2.00. The van der Waals surface area contributed by atoms with Crippen molar-refractivity contribution in [2.75, 3.05) is 22.9 Å². The average Bonchev–Trinajstić information content (AvgIpc) is 2.49. The van der Waals surface area contributed by atoms with Crippen LogP contribution in [-0.2, 0) is 10.0 Å². The Kier molecular flexibility index (Phi) is 5.20. The van der Waals surface area contributed by atoms with E-state index < -0.39 is 15.9 Å². The molecule has 0 bridgehead atoms. The summed E-state index contributed by atoms with van der Waals surface area (Å²) in [4.78, 5) is 12.6. The first kappa shape index (κ1) is 18.3. The van der Waals surface area contributed by atoms with Crippen molar-refractivity contribution in [2.24, 2.45) is 0 Å². The minimum Gasteiger partial charge on any atom is -0.322 e. The second kappa shape index (κ2) is 6.83. The lowest BCUT2D eigenvalue weighted by molar-refractivity contribution is 0.102. The highest BCUT2D eigenvalue weighted by Gasteiger charge is 2.17. The molecule has 128 valence electrons. The zero-order valence-corrected chi connectivity index (χ0v) is 15.5. The van der Waals surface area contributed by atoms with Crippen molar-refractivity contribution in [3.63, 3.8) is 0 Å². The molecule has 1 amide bonds. The van der Waals surface area contributed by atoms with E-state index in [1.165, 1.54) is 19.2 Å². The van der Waals surface area contributed by atoms with Crippen molar-refractivity contribution in [1.29, 1.82) is 0 Å². The van der Waals surface area contributed by atoms with Gasteiger partial charge in [-0.05, 0) is 49.2 Å². The van der Waals surface area contributed by atoms with Crippen molar-refractivity contribution in [1.82, 2.24) is 0 Å². The Balaban J connectivity index is 2.37. The van der Waals surface area contributed by atoms with E-state index in [0.29, 0.717) is 11.4 Å². The van der Waals surface area contributed by atoms with Gasteiger partial charge < -0.3 is 5.32 Å². The molecule has 0 heterocycles. The fraction of sp³-hybridized carbons (Fsp3) is 0.235. The molecule has 0 saturated heterocycles. The summed E-state index contributed by atoms with van der Waals surface area (Å²) in [5.41, 5.74) is 3.22. The second-order valence-electron chi connectivity index (χ2n) is 5.67. The molecule has 5 nitrogen and oxygen atoms in total. The molecule has 0 atom stereocenters. The Hall–Kier alpha value is -2.05. The fourth-order valence-corrected chi connectivity index (χ4v) is 2.83. The largest absolute Gasteiger partial charge is 0.322 e. The lowest BCUT2D eigenvalue weighted by atomic mass is 10.1. The molecule has 0 aliphatic heterocycles. The van der Waals surface area contributed by atoms with Gasteiger partial charge in [0.15, 0.2) is 0 Å². The van der Waals surface area contributed by atoms with E-state index >= 15 is 0 Å². The van der Waals surface area contributed by atoms with Crippen molar-refractivity contribution < 1.29 is 13.2 Å². The minimum atomic E-state index is -3.42. The van der Waals surface area contributed by atoms with Gasteiger partial charge in [0, 0.05) is 12.7 Å². The monoisotopic (exact) mass is 366 g/mol. The van der Waals surface area contributed by atoms with Crippen molar-refractivity contribution in [3.8, 4) is 0 Å². The van der Waals surface area contributed by atoms with Gasteiger partial charge in [0.2, 0.25) is 10.0 Å². The molecule has 0 aromatic heterocycles. The van der Waals surface area contributed by atoms with E-state index in [-0.39, 0.29) is 10.6 Å². The molecule has 24 heavy (non-hydrogen) atoms. The number of hydrogen-bond acceptors (Lipinski definition) is 3. The van der Waals surface area contributed by atoms with E-state index in [4.69, 9.17) is 11.6 Å². The topological polar surface area (TPSA) is 66.5 Å². The molecule has 2 rings (SSSR count). The molecule has 1 N–H and O–H groups in total. The number of halogens is 1. The van der Waals surface area contributed by atoms with E-state index in [9.17, 15) is 13.2 Å². The average molecular weight is 367 g/mol. The Bertz CT molecular complexity index is 895. The summed E-state index contributed by atoms with van der Waals surface area (Å²) in [5.74, 6) is -0.391. The Morgan fingerprint density at radius 1 is 1.12 bits per heavy atom. The van der Waals surface area contributed by atoms with Crippen molar-refractivity contribution >= 4 is 38.9 Å². The van der Waals surface area contributed by atoms with E-state index in [2.05, 4.69) is 5.32 Å². The number of nitrogens with zero attached hydrogens (tertiary/aromatic N) is 1. The Labute approximate surface area is 147 Å². The van der Waals surface area contributed by atoms with Crippen molar-refractivity contribution in [2.45, 2.75) is 13.8 Å². The van der Waals surface area contributed by atoms with Gasteiger partial charge in [-0.2, -0.15) is 0 Å². The van der Waals surface area contributed by atoms with Crippen LogP contribution in [0.2, 0.25) is 5.02 Å². The maximum atomic E-state index is 12.6. The van der Waals surface area contributed by atoms with E-state index in [0.717, 1.165) is 21.7 Å². The molecule has 7 heteroatoms. The molecule has 0 spiro atoms. The SMILES string of the molecule is Cc1ccc(C)c(NC(=O)c2cc(N(C)S(C)(=O)=O)ccc2Cl)c1. The van der Waals surface area contributed by atoms with Crippen LogP contribution in [0.1, 0.15) is 21.5 Å². The maximum absolute atomic E-state index is 12.6. The van der Waals surface area contributed by atoms with Gasteiger partial charge in [-0.25, -0.2) is 8.42 Å². The summed E-state index contributed by atoms with van der Waals surface area (Å²) < 4.78 is 24.4. The number of rotatable bonds is 4. The van der Waals surface area contributed by atoms with E-state index in [1.54, 1.807) is 6.07 Å². The zero-order chi connectivity index (χ0) is 18.1. The highest BCUT2D eigenvalue weighted by atomic mass is 35.5. The third-order valence-electron chi connectivity index (χ3n) is 3.70. The first-order chi connectivity index (χ1) is 11.1. The summed E-state index contributed by atoms with van der Waals surface area (Å²) >= 11 is 6.12. The number of carbonyl (C=O) groups excluding carboxylic acids is 1. The van der Waals surface area contributed by atoms with Gasteiger partial charge in [0.1, 0.15) is 0 Å². The summed E-state index contributed by atoms with van der Waals surface area (Å²) in [5, 5.41) is 3.07. The summed E-state index contributed by atoms with van der Waals surface area (Å²) in [6.45, 7) is 3.83. The van der Waals surface area contributed by atoms with Gasteiger partial charge >= 0.3 is 0 Å². The van der Waals surface area contributed by atoms with Crippen LogP contribution in [0.5, 0.6) is 0 Å². The van der Waals surface area contributed by atoms with Crippen LogP contribution in [0, 0.1) is 13.8 Å². The number of aryl methyl sites for hydroxylation is 2. The predicted octanol–water partition coefficient (Wildman–Crippen LogP) is 3.60. The van der Waals surface area contributed by atoms with Gasteiger partial charge in [-0.3, -0.25) is 9.10 Å². The molecule has 0 fully saturated rings. The predicted molar refractivity (Wildman–Crippen MR) is 98.6 cm³/mol. The van der Waals surface area contributed by atoms with Gasteiger partial charge in [0.05, 0.1) is 22.5 Å². The van der Waals surface area contributed by atoms with Crippen molar-refractivity contribution in [3.05, 3.63) is 58.1 Å². The van der Waals surface area contributed by atoms with Crippen LogP contribution in [-0.4, -0.2) is 27.6 Å². The quantitative estimate of drug-likeness (QED) is 0.898. The van der Waals surface area contributed by atoms with E-state index in [1.807, 2.05) is 32.0 Å². The highest BCUT2D eigenvalue weighted by Crippen LogP contribution is 2.25. The van der Waals surface area contributed by atoms with Gasteiger partial charge in [0.25, 0.3) is 5.91 Å². The lowest BCUT2D eigenvalue weighted by Gasteiger charge is -2.18. The third-order valence-corrected chi connectivity index (χ3v) is 5.23. The molecule has 0 radical (unpaired) electrons. The van der Waals surface area contributed by atoms with Crippen LogP contribution in [0.25, 0.3) is 0 Å². The van der Waals surface area contributed by atoms with Crippen LogP contribution in [0.4, 0.5) is 11.4 Å². The molecule has 0 aliphatic rings. The molecule has 2 aromatic rings. The number of hydrogen-bond donors (Lipinski definition) is 1. The standard InChI is InChI=1S/C17H19ClN2O3S/c1-11-5-6-12(2)16(9-11)19-17(21)14-10-13(7-8-15(14)18)20(3)24(4,22)23/h5-10H,1-4H3,(H,19,21). The molecule has 0 unspecified atom stereocenters. The molecule has 2 aromatic carbocycles. The van der Waals surface area contributed by atoms with Gasteiger partial charge in [-0.1, -0.05) is 23.7 Å². The first-order valence-electron chi connectivity index (χ1n) is 7.21. The second-order valence-corrected chi connectivity index (χ2v) is 8.09. The molecular formula is C17H19ClN2O3S. The smallest absolute Gasteiger partial charge is 0.257 e. The molecular weight excluding hydrogens is 348 g/mol. The Morgan fingerprint density at radius 3 is 2.42 bits per heavy atom. The summed E-state index contributed by atoms with van der Waals surface area (Å²) in [6.07, 6.45) is 1.09. The number of nitrogens with one attached hydrogen (secondary N) is 1. The van der Waals surface area contributed by atoms with Crippen LogP contribution in [0.3, 0.4) is 0 Å². The van der Waals surface area contributed by atoms with Crippen LogP contribution >= 0.6 is 11.6 Å². The number of sulfonamides is 1. The first-order valence-corrected chi connectivity index (χ1v) is 9.44. The minimum absolute atomic E-state index is 0.213.